The third-order valence-electron chi connectivity index (χ3n) is 7.71. The van der Waals surface area contributed by atoms with Gasteiger partial charge in [0.1, 0.15) is 12.4 Å². The molecule has 5 aromatic rings. The first-order valence-corrected chi connectivity index (χ1v) is 14.1. The second-order valence-corrected chi connectivity index (χ2v) is 10.6. The monoisotopic (exact) mass is 532 g/mol. The van der Waals surface area contributed by atoms with Crippen molar-refractivity contribution >= 4 is 27.5 Å². The molecule has 0 saturated carbocycles. The van der Waals surface area contributed by atoms with E-state index >= 15 is 0 Å². The molecule has 3 aromatic carbocycles. The normalized spacial score (nSPS) is 14.2. The quantitative estimate of drug-likeness (QED) is 0.158. The first kappa shape index (κ1) is 26.1. The largest absolute Gasteiger partial charge is 0.494 e. The summed E-state index contributed by atoms with van der Waals surface area (Å²) < 4.78 is 11.2. The number of benzene rings is 3. The molecule has 0 spiro atoms. The van der Waals surface area contributed by atoms with Crippen molar-refractivity contribution in [3.05, 3.63) is 72.8 Å². The Morgan fingerprint density at radius 2 is 1.40 bits per heavy atom. The smallest absolute Gasteiger partial charge is 0.119 e. The first-order chi connectivity index (χ1) is 19.7. The second kappa shape index (κ2) is 11.9. The summed E-state index contributed by atoms with van der Waals surface area (Å²) in [6.07, 6.45) is 7.06. The van der Waals surface area contributed by atoms with Gasteiger partial charge in [-0.25, -0.2) is 0 Å². The van der Waals surface area contributed by atoms with Crippen LogP contribution in [0.15, 0.2) is 72.8 Å². The summed E-state index contributed by atoms with van der Waals surface area (Å²) >= 11 is 0. The summed E-state index contributed by atoms with van der Waals surface area (Å²) in [5.41, 5.74) is 8.13. The summed E-state index contributed by atoms with van der Waals surface area (Å²) in [7, 11) is 2.19. The predicted octanol–water partition coefficient (Wildman–Crippen LogP) is 6.54. The Morgan fingerprint density at radius 1 is 0.750 bits per heavy atom. The molecule has 1 fully saturated rings. The minimum Gasteiger partial charge on any atom is -0.494 e. The molecule has 6 heteroatoms. The van der Waals surface area contributed by atoms with Crippen molar-refractivity contribution in [1.82, 2.24) is 14.9 Å². The molecule has 204 valence electrons. The Balaban J connectivity index is 1.13. The zero-order chi connectivity index (χ0) is 27.3. The average Bonchev–Trinajstić information content (AvgIpc) is 3.61. The number of nitrogens with zero attached hydrogens (tertiary/aromatic N) is 2. The van der Waals surface area contributed by atoms with Crippen molar-refractivity contribution in [2.75, 3.05) is 57.9 Å². The van der Waals surface area contributed by atoms with Crippen LogP contribution >= 0.6 is 0 Å². The van der Waals surface area contributed by atoms with Crippen LogP contribution in [0.1, 0.15) is 12.8 Å². The lowest BCUT2D eigenvalue weighted by Crippen LogP contribution is -2.44. The number of H-pyrrole nitrogens is 2. The van der Waals surface area contributed by atoms with E-state index in [-0.39, 0.29) is 0 Å². The first-order valence-electron chi connectivity index (χ1n) is 14.1. The fourth-order valence-electron chi connectivity index (χ4n) is 5.34. The molecule has 2 N–H and O–H groups in total. The number of likely N-dealkylation sites (N-methyl/N-ethyl adjacent to an activating group) is 1. The third kappa shape index (κ3) is 5.86. The molecule has 0 aliphatic carbocycles. The maximum atomic E-state index is 5.88. The summed E-state index contributed by atoms with van der Waals surface area (Å²) in [4.78, 5) is 12.1. The van der Waals surface area contributed by atoms with Crippen LogP contribution in [-0.4, -0.2) is 67.9 Å². The SMILES string of the molecule is C#CCOCCCCOc1ccc(-c2cc3ccc(-c4cc5ccc(N6CCN(C)CC6)cc5[nH]4)cc3[nH]2)cc1. The molecule has 6 rings (SSSR count). The molecule has 1 aliphatic heterocycles. The lowest BCUT2D eigenvalue weighted by Gasteiger charge is -2.34. The molecule has 1 aliphatic rings. The van der Waals surface area contributed by atoms with Crippen LogP contribution in [0.3, 0.4) is 0 Å². The van der Waals surface area contributed by atoms with Crippen molar-refractivity contribution in [2.45, 2.75) is 12.8 Å². The van der Waals surface area contributed by atoms with Gasteiger partial charge in [-0.3, -0.25) is 0 Å². The molecule has 0 amide bonds. The van der Waals surface area contributed by atoms with Gasteiger partial charge in [0.2, 0.25) is 0 Å². The van der Waals surface area contributed by atoms with E-state index in [0.717, 1.165) is 67.2 Å². The highest BCUT2D eigenvalue weighted by Gasteiger charge is 2.15. The van der Waals surface area contributed by atoms with E-state index in [4.69, 9.17) is 15.9 Å². The van der Waals surface area contributed by atoms with Crippen LogP contribution in [0.4, 0.5) is 5.69 Å². The van der Waals surface area contributed by atoms with Gasteiger partial charge in [-0.05, 0) is 80.1 Å². The molecule has 6 nitrogen and oxygen atoms in total. The van der Waals surface area contributed by atoms with Crippen molar-refractivity contribution < 1.29 is 9.47 Å². The van der Waals surface area contributed by atoms with Gasteiger partial charge in [0.05, 0.1) is 6.61 Å². The molecular formula is C34H36N4O2. The van der Waals surface area contributed by atoms with Gasteiger partial charge in [-0.1, -0.05) is 24.1 Å². The lowest BCUT2D eigenvalue weighted by molar-refractivity contribution is 0.156. The van der Waals surface area contributed by atoms with Crippen LogP contribution < -0.4 is 9.64 Å². The fourth-order valence-corrected chi connectivity index (χ4v) is 5.34. The van der Waals surface area contributed by atoms with Crippen molar-refractivity contribution in [2.24, 2.45) is 0 Å². The maximum Gasteiger partial charge on any atom is 0.119 e. The highest BCUT2D eigenvalue weighted by Crippen LogP contribution is 2.32. The number of aromatic nitrogens is 2. The highest BCUT2D eigenvalue weighted by molar-refractivity contribution is 5.92. The van der Waals surface area contributed by atoms with Gasteiger partial charge in [0.15, 0.2) is 0 Å². The van der Waals surface area contributed by atoms with Crippen molar-refractivity contribution in [3.8, 4) is 40.6 Å². The summed E-state index contributed by atoms with van der Waals surface area (Å²) in [6.45, 7) is 6.07. The predicted molar refractivity (Wildman–Crippen MR) is 165 cm³/mol. The molecule has 0 radical (unpaired) electrons. The molecule has 0 unspecified atom stereocenters. The number of hydrogen-bond donors (Lipinski definition) is 2. The van der Waals surface area contributed by atoms with Gasteiger partial charge < -0.3 is 29.2 Å². The maximum absolute atomic E-state index is 5.88. The van der Waals surface area contributed by atoms with E-state index < -0.39 is 0 Å². The summed E-state index contributed by atoms with van der Waals surface area (Å²) in [5.74, 6) is 3.36. The molecule has 0 bridgehead atoms. The van der Waals surface area contributed by atoms with E-state index in [1.165, 1.54) is 27.5 Å². The Labute approximate surface area is 235 Å². The van der Waals surface area contributed by atoms with Gasteiger partial charge in [-0.15, -0.1) is 6.42 Å². The van der Waals surface area contributed by atoms with Crippen LogP contribution in [0.5, 0.6) is 5.75 Å². The van der Waals surface area contributed by atoms with Gasteiger partial charge in [-0.2, -0.15) is 0 Å². The Bertz CT molecular complexity index is 1620. The number of ether oxygens (including phenoxy) is 2. The minimum absolute atomic E-state index is 0.374. The van der Waals surface area contributed by atoms with E-state index in [1.54, 1.807) is 0 Å². The zero-order valence-corrected chi connectivity index (χ0v) is 23.1. The average molecular weight is 533 g/mol. The minimum atomic E-state index is 0.374. The molecule has 1 saturated heterocycles. The van der Waals surface area contributed by atoms with E-state index in [2.05, 4.69) is 93.4 Å². The zero-order valence-electron chi connectivity index (χ0n) is 23.1. The Morgan fingerprint density at radius 3 is 2.15 bits per heavy atom. The number of fused-ring (bicyclic) bond motifs is 2. The van der Waals surface area contributed by atoms with Crippen molar-refractivity contribution in [3.63, 3.8) is 0 Å². The van der Waals surface area contributed by atoms with Crippen LogP contribution in [0, 0.1) is 12.3 Å². The molecular weight excluding hydrogens is 496 g/mol. The number of aromatic amines is 2. The standard InChI is InChI=1S/C34H36N4O2/c1-3-18-39-19-4-5-20-40-30-12-9-25(10-13-30)31-21-26-6-7-27(22-32(26)35-31)33-23-28-8-11-29(24-34(28)36-33)38-16-14-37(2)15-17-38/h1,6-13,21-24,35-36H,4-5,14-20H2,2H3. The third-order valence-corrected chi connectivity index (χ3v) is 7.71. The van der Waals surface area contributed by atoms with Crippen LogP contribution in [-0.2, 0) is 4.74 Å². The number of terminal acetylenes is 1. The van der Waals surface area contributed by atoms with E-state index in [1.807, 2.05) is 12.1 Å². The van der Waals surface area contributed by atoms with Gasteiger partial charge in [0.25, 0.3) is 0 Å². The van der Waals surface area contributed by atoms with E-state index in [0.29, 0.717) is 19.8 Å². The number of anilines is 1. The number of hydrogen-bond acceptors (Lipinski definition) is 4. The highest BCUT2D eigenvalue weighted by atomic mass is 16.5. The van der Waals surface area contributed by atoms with E-state index in [9.17, 15) is 0 Å². The van der Waals surface area contributed by atoms with Gasteiger partial charge in [0, 0.05) is 77.2 Å². The Hall–Kier alpha value is -4.18. The summed E-state index contributed by atoms with van der Waals surface area (Å²) in [5, 5.41) is 2.43. The summed E-state index contributed by atoms with van der Waals surface area (Å²) in [6, 6.07) is 26.1. The van der Waals surface area contributed by atoms with Crippen LogP contribution in [0.25, 0.3) is 44.3 Å². The fraction of sp³-hybridized carbons (Fsp3) is 0.294. The number of piperazine rings is 1. The van der Waals surface area contributed by atoms with Crippen molar-refractivity contribution in [1.29, 1.82) is 0 Å². The Kier molecular flexibility index (Phi) is 7.76. The number of nitrogens with one attached hydrogen (secondary N) is 2. The lowest BCUT2D eigenvalue weighted by atomic mass is 10.1. The van der Waals surface area contributed by atoms with Gasteiger partial charge >= 0.3 is 0 Å². The number of rotatable bonds is 10. The molecule has 40 heavy (non-hydrogen) atoms. The molecule has 2 aromatic heterocycles. The topological polar surface area (TPSA) is 56.5 Å². The molecule has 3 heterocycles. The number of unbranched alkanes of at least 4 members (excludes halogenated alkanes) is 1. The molecule has 0 atom stereocenters. The second-order valence-electron chi connectivity index (χ2n) is 10.6. The van der Waals surface area contributed by atoms with Crippen LogP contribution in [0.2, 0.25) is 0 Å².